The van der Waals surface area contributed by atoms with Gasteiger partial charge >= 0.3 is 0 Å². The summed E-state index contributed by atoms with van der Waals surface area (Å²) in [6, 6.07) is 9.59. The van der Waals surface area contributed by atoms with E-state index in [1.54, 1.807) is 0 Å². The summed E-state index contributed by atoms with van der Waals surface area (Å²) in [7, 11) is 0. The summed E-state index contributed by atoms with van der Waals surface area (Å²) in [6.07, 6.45) is 3.34. The number of carbonyl (C=O) groups excluding carboxylic acids is 2. The maximum absolute atomic E-state index is 12.0. The van der Waals surface area contributed by atoms with Crippen molar-refractivity contribution in [2.24, 2.45) is 5.73 Å². The molecular formula is C19H26N4O2. The van der Waals surface area contributed by atoms with Crippen molar-refractivity contribution >= 4 is 17.5 Å². The molecule has 6 nitrogen and oxygen atoms in total. The number of piperazine rings is 1. The number of rotatable bonds is 5. The van der Waals surface area contributed by atoms with E-state index in [2.05, 4.69) is 27.2 Å². The fourth-order valence-electron chi connectivity index (χ4n) is 4.54. The molecule has 2 bridgehead atoms. The predicted molar refractivity (Wildman–Crippen MR) is 96.4 cm³/mol. The van der Waals surface area contributed by atoms with E-state index in [0.29, 0.717) is 24.9 Å². The first kappa shape index (κ1) is 16.5. The standard InChI is InChI=1S/C19H26N4O2/c20-8-1-9-22-11-16-10-15(22)12-23(16)14-4-2-13(3-5-14)17-6-7-18(24)21-19(17)25/h2-5,15-17H,1,6-12,20H2,(H,21,24,25). The fraction of sp³-hybridized carbons (Fsp3) is 0.579. The highest BCUT2D eigenvalue weighted by Crippen LogP contribution is 2.35. The van der Waals surface area contributed by atoms with Gasteiger partial charge in [-0.1, -0.05) is 12.1 Å². The van der Waals surface area contributed by atoms with E-state index in [9.17, 15) is 9.59 Å². The number of nitrogens with one attached hydrogen (secondary N) is 1. The predicted octanol–water partition coefficient (Wildman–Crippen LogP) is 0.818. The van der Waals surface area contributed by atoms with E-state index in [-0.39, 0.29) is 17.7 Å². The van der Waals surface area contributed by atoms with Crippen LogP contribution in [0.25, 0.3) is 0 Å². The van der Waals surface area contributed by atoms with Gasteiger partial charge in [-0.15, -0.1) is 0 Å². The Labute approximate surface area is 148 Å². The van der Waals surface area contributed by atoms with Crippen LogP contribution in [0, 0.1) is 0 Å². The van der Waals surface area contributed by atoms with Crippen molar-refractivity contribution in [3.63, 3.8) is 0 Å². The van der Waals surface area contributed by atoms with Gasteiger partial charge in [-0.05, 0) is 50.0 Å². The van der Waals surface area contributed by atoms with Crippen molar-refractivity contribution in [1.29, 1.82) is 0 Å². The molecule has 0 saturated carbocycles. The van der Waals surface area contributed by atoms with Crippen molar-refractivity contribution in [1.82, 2.24) is 10.2 Å². The molecule has 1 aromatic carbocycles. The number of nitrogens with zero attached hydrogens (tertiary/aromatic N) is 2. The zero-order valence-corrected chi connectivity index (χ0v) is 14.5. The average Bonchev–Trinajstić information content (AvgIpc) is 3.20. The van der Waals surface area contributed by atoms with Crippen LogP contribution in [0.4, 0.5) is 5.69 Å². The third-order valence-electron chi connectivity index (χ3n) is 5.87. The van der Waals surface area contributed by atoms with Gasteiger partial charge in [0.2, 0.25) is 11.8 Å². The Bertz CT molecular complexity index is 660. The van der Waals surface area contributed by atoms with Crippen molar-refractivity contribution in [2.45, 2.75) is 43.7 Å². The van der Waals surface area contributed by atoms with E-state index in [1.165, 1.54) is 12.1 Å². The number of hydrogen-bond acceptors (Lipinski definition) is 5. The minimum atomic E-state index is -0.200. The molecule has 0 radical (unpaired) electrons. The van der Waals surface area contributed by atoms with Crippen LogP contribution in [0.15, 0.2) is 24.3 Å². The van der Waals surface area contributed by atoms with Crippen LogP contribution in [0.5, 0.6) is 0 Å². The van der Waals surface area contributed by atoms with Gasteiger partial charge in [0.1, 0.15) is 0 Å². The molecular weight excluding hydrogens is 316 g/mol. The third-order valence-corrected chi connectivity index (χ3v) is 5.87. The molecule has 3 fully saturated rings. The molecule has 3 heterocycles. The van der Waals surface area contributed by atoms with E-state index in [4.69, 9.17) is 5.73 Å². The summed E-state index contributed by atoms with van der Waals surface area (Å²) in [6.45, 7) is 4.08. The first-order chi connectivity index (χ1) is 12.2. The molecule has 0 spiro atoms. The number of likely N-dealkylation sites (tertiary alicyclic amines) is 1. The minimum absolute atomic E-state index is 0.162. The number of anilines is 1. The fourth-order valence-corrected chi connectivity index (χ4v) is 4.54. The molecule has 0 aromatic heterocycles. The summed E-state index contributed by atoms with van der Waals surface area (Å²) in [5.74, 6) is -0.529. The van der Waals surface area contributed by atoms with E-state index < -0.39 is 0 Å². The molecule has 3 saturated heterocycles. The average molecular weight is 342 g/mol. The monoisotopic (exact) mass is 342 g/mol. The molecule has 3 aliphatic rings. The van der Waals surface area contributed by atoms with Crippen molar-refractivity contribution in [2.75, 3.05) is 31.1 Å². The zero-order valence-electron chi connectivity index (χ0n) is 14.5. The molecule has 0 aliphatic carbocycles. The Kier molecular flexibility index (Phi) is 4.48. The summed E-state index contributed by atoms with van der Waals surface area (Å²) in [4.78, 5) is 28.4. The maximum atomic E-state index is 12.0. The molecule has 3 atom stereocenters. The number of piperidine rings is 1. The highest BCUT2D eigenvalue weighted by Gasteiger charge is 2.42. The van der Waals surface area contributed by atoms with Gasteiger partial charge in [-0.25, -0.2) is 0 Å². The van der Waals surface area contributed by atoms with Crippen LogP contribution >= 0.6 is 0 Å². The number of imide groups is 1. The number of carbonyl (C=O) groups is 2. The molecule has 2 amide bonds. The van der Waals surface area contributed by atoms with Crippen LogP contribution in [-0.4, -0.2) is 55.0 Å². The van der Waals surface area contributed by atoms with Crippen LogP contribution in [0.3, 0.4) is 0 Å². The molecule has 3 unspecified atom stereocenters. The molecule has 134 valence electrons. The van der Waals surface area contributed by atoms with Crippen molar-refractivity contribution in [3.05, 3.63) is 29.8 Å². The van der Waals surface area contributed by atoms with Crippen LogP contribution < -0.4 is 16.0 Å². The molecule has 1 aromatic rings. The van der Waals surface area contributed by atoms with Crippen LogP contribution in [0.2, 0.25) is 0 Å². The van der Waals surface area contributed by atoms with Gasteiger partial charge in [0, 0.05) is 37.3 Å². The summed E-state index contributed by atoms with van der Waals surface area (Å²) >= 11 is 0. The molecule has 4 rings (SSSR count). The molecule has 6 heteroatoms. The van der Waals surface area contributed by atoms with E-state index >= 15 is 0 Å². The Morgan fingerprint density at radius 2 is 1.92 bits per heavy atom. The smallest absolute Gasteiger partial charge is 0.234 e. The largest absolute Gasteiger partial charge is 0.366 e. The Morgan fingerprint density at radius 3 is 2.56 bits per heavy atom. The second-order valence-corrected chi connectivity index (χ2v) is 7.43. The second kappa shape index (κ2) is 6.77. The zero-order chi connectivity index (χ0) is 17.4. The molecule has 25 heavy (non-hydrogen) atoms. The number of benzene rings is 1. The van der Waals surface area contributed by atoms with Crippen molar-refractivity contribution in [3.8, 4) is 0 Å². The Hall–Kier alpha value is -1.92. The van der Waals surface area contributed by atoms with E-state index in [0.717, 1.165) is 38.2 Å². The lowest BCUT2D eigenvalue weighted by Gasteiger charge is -2.35. The summed E-state index contributed by atoms with van der Waals surface area (Å²) in [5.41, 5.74) is 7.87. The lowest BCUT2D eigenvalue weighted by atomic mass is 9.90. The third kappa shape index (κ3) is 3.16. The first-order valence-electron chi connectivity index (χ1n) is 9.30. The van der Waals surface area contributed by atoms with Gasteiger partial charge < -0.3 is 10.6 Å². The summed E-state index contributed by atoms with van der Waals surface area (Å²) < 4.78 is 0. The van der Waals surface area contributed by atoms with Crippen LogP contribution in [0.1, 0.15) is 37.2 Å². The van der Waals surface area contributed by atoms with Gasteiger partial charge in [-0.2, -0.15) is 0 Å². The lowest BCUT2D eigenvalue weighted by molar-refractivity contribution is -0.134. The number of amides is 2. The first-order valence-corrected chi connectivity index (χ1v) is 9.30. The quantitative estimate of drug-likeness (QED) is 0.775. The topological polar surface area (TPSA) is 78.7 Å². The van der Waals surface area contributed by atoms with Gasteiger partial charge in [0.15, 0.2) is 0 Å². The van der Waals surface area contributed by atoms with Crippen molar-refractivity contribution < 1.29 is 9.59 Å². The lowest BCUT2D eigenvalue weighted by Crippen LogP contribution is -2.46. The SMILES string of the molecule is NCCCN1CC2CC1CN2c1ccc(C2CCC(=O)NC2=O)cc1. The summed E-state index contributed by atoms with van der Waals surface area (Å²) in [5, 5.41) is 2.44. The normalized spacial score (nSPS) is 29.3. The molecule has 3 aliphatic heterocycles. The Morgan fingerprint density at radius 1 is 1.12 bits per heavy atom. The van der Waals surface area contributed by atoms with Gasteiger partial charge in [0.25, 0.3) is 0 Å². The number of fused-ring (bicyclic) bond motifs is 2. The maximum Gasteiger partial charge on any atom is 0.234 e. The second-order valence-electron chi connectivity index (χ2n) is 7.43. The molecule has 3 N–H and O–H groups in total. The van der Waals surface area contributed by atoms with Gasteiger partial charge in [-0.3, -0.25) is 19.8 Å². The Balaban J connectivity index is 1.41. The highest BCUT2D eigenvalue weighted by molar-refractivity contribution is 6.00. The number of hydrogen-bond donors (Lipinski definition) is 2. The minimum Gasteiger partial charge on any atom is -0.366 e. The van der Waals surface area contributed by atoms with Crippen LogP contribution in [-0.2, 0) is 9.59 Å². The van der Waals surface area contributed by atoms with Gasteiger partial charge in [0.05, 0.1) is 5.92 Å². The number of nitrogens with two attached hydrogens (primary N) is 1. The van der Waals surface area contributed by atoms with E-state index in [1.807, 2.05) is 12.1 Å². The highest BCUT2D eigenvalue weighted by atomic mass is 16.2.